The van der Waals surface area contributed by atoms with E-state index in [1.165, 1.54) is 13.5 Å². The van der Waals surface area contributed by atoms with Gasteiger partial charge in [-0.25, -0.2) is 4.79 Å². The number of nitrogens with one attached hydrogen (secondary N) is 3. The van der Waals surface area contributed by atoms with Gasteiger partial charge in [0.15, 0.2) is 0 Å². The first-order chi connectivity index (χ1) is 9.93. The minimum atomic E-state index is -0.445. The number of nitrogens with zero attached hydrogens (tertiary/aromatic N) is 1. The lowest BCUT2D eigenvalue weighted by Gasteiger charge is -2.36. The van der Waals surface area contributed by atoms with Crippen LogP contribution >= 0.6 is 0 Å². The van der Waals surface area contributed by atoms with E-state index >= 15 is 0 Å². The lowest BCUT2D eigenvalue weighted by atomic mass is 9.96. The number of carbonyl (C=O) groups excluding carboxylic acids is 2. The third-order valence-corrected chi connectivity index (χ3v) is 3.93. The molecule has 3 N–H and O–H groups in total. The second-order valence-electron chi connectivity index (χ2n) is 6.30. The van der Waals surface area contributed by atoms with Crippen molar-refractivity contribution in [2.45, 2.75) is 39.7 Å². The van der Waals surface area contributed by atoms with Crippen molar-refractivity contribution in [3.05, 3.63) is 0 Å². The number of likely N-dealkylation sites (tertiary alicyclic amines) is 1. The van der Waals surface area contributed by atoms with Gasteiger partial charge in [-0.05, 0) is 51.2 Å². The highest BCUT2D eigenvalue weighted by Gasteiger charge is 2.27. The predicted octanol–water partition coefficient (Wildman–Crippen LogP) is 0.788. The number of amides is 3. The second-order valence-corrected chi connectivity index (χ2v) is 6.30. The molecule has 0 aromatic carbocycles. The molecule has 1 fully saturated rings. The molecular formula is C15H30N4O2. The number of hydrogen-bond donors (Lipinski definition) is 3. The summed E-state index contributed by atoms with van der Waals surface area (Å²) in [6, 6.07) is -0.714. The molecule has 2 atom stereocenters. The van der Waals surface area contributed by atoms with Crippen molar-refractivity contribution >= 4 is 11.9 Å². The lowest BCUT2D eigenvalue weighted by molar-refractivity contribution is -0.125. The van der Waals surface area contributed by atoms with Crippen molar-refractivity contribution in [2.75, 3.05) is 33.2 Å². The Morgan fingerprint density at radius 2 is 2.00 bits per heavy atom. The van der Waals surface area contributed by atoms with Crippen molar-refractivity contribution in [2.24, 2.45) is 11.8 Å². The fourth-order valence-electron chi connectivity index (χ4n) is 2.64. The summed E-state index contributed by atoms with van der Waals surface area (Å²) < 4.78 is 0. The van der Waals surface area contributed by atoms with Crippen LogP contribution in [0.4, 0.5) is 4.79 Å². The third-order valence-electron chi connectivity index (χ3n) is 3.93. The molecule has 1 heterocycles. The summed E-state index contributed by atoms with van der Waals surface area (Å²) in [6.45, 7) is 10.1. The van der Waals surface area contributed by atoms with Crippen LogP contribution in [0.5, 0.6) is 0 Å². The van der Waals surface area contributed by atoms with E-state index in [4.69, 9.17) is 0 Å². The summed E-state index contributed by atoms with van der Waals surface area (Å²) in [7, 11) is 1.50. The van der Waals surface area contributed by atoms with Crippen LogP contribution in [0, 0.1) is 11.8 Å². The Labute approximate surface area is 128 Å². The largest absolute Gasteiger partial charge is 0.341 e. The molecule has 0 aromatic rings. The SMILES string of the molecule is CNC(=O)NC(=O)C(C)N1CCCC(CNCC(C)C)C1. The minimum absolute atomic E-state index is 0.231. The number of hydrogen-bond acceptors (Lipinski definition) is 4. The lowest BCUT2D eigenvalue weighted by Crippen LogP contribution is -2.52. The van der Waals surface area contributed by atoms with Crippen molar-refractivity contribution in [1.82, 2.24) is 20.9 Å². The molecule has 1 saturated heterocycles. The number of piperidine rings is 1. The van der Waals surface area contributed by atoms with Crippen LogP contribution in [0.2, 0.25) is 0 Å². The van der Waals surface area contributed by atoms with Crippen LogP contribution in [0.1, 0.15) is 33.6 Å². The highest BCUT2D eigenvalue weighted by Crippen LogP contribution is 2.18. The molecule has 0 radical (unpaired) electrons. The molecule has 1 aliphatic rings. The van der Waals surface area contributed by atoms with Gasteiger partial charge in [0.2, 0.25) is 5.91 Å². The Morgan fingerprint density at radius 1 is 1.29 bits per heavy atom. The molecule has 0 aromatic heterocycles. The molecule has 1 aliphatic heterocycles. The van der Waals surface area contributed by atoms with E-state index in [0.717, 1.165) is 32.6 Å². The third kappa shape index (κ3) is 6.44. The van der Waals surface area contributed by atoms with Gasteiger partial charge in [0.25, 0.3) is 0 Å². The van der Waals surface area contributed by atoms with Gasteiger partial charge < -0.3 is 10.6 Å². The van der Waals surface area contributed by atoms with Gasteiger partial charge in [-0.2, -0.15) is 0 Å². The van der Waals surface area contributed by atoms with E-state index in [1.54, 1.807) is 0 Å². The van der Waals surface area contributed by atoms with E-state index in [2.05, 4.69) is 34.7 Å². The Morgan fingerprint density at radius 3 is 2.62 bits per heavy atom. The van der Waals surface area contributed by atoms with Gasteiger partial charge >= 0.3 is 6.03 Å². The molecule has 6 nitrogen and oxygen atoms in total. The van der Waals surface area contributed by atoms with Gasteiger partial charge in [0.05, 0.1) is 6.04 Å². The van der Waals surface area contributed by atoms with E-state index in [1.807, 2.05) is 6.92 Å². The molecule has 21 heavy (non-hydrogen) atoms. The highest BCUT2D eigenvalue weighted by atomic mass is 16.2. The molecule has 0 aliphatic carbocycles. The average Bonchev–Trinajstić information content (AvgIpc) is 2.46. The molecule has 122 valence electrons. The van der Waals surface area contributed by atoms with Crippen LogP contribution in [0.3, 0.4) is 0 Å². The highest BCUT2D eigenvalue weighted by molar-refractivity contribution is 5.96. The van der Waals surface area contributed by atoms with E-state index in [0.29, 0.717) is 11.8 Å². The monoisotopic (exact) mass is 298 g/mol. The molecule has 0 bridgehead atoms. The summed E-state index contributed by atoms with van der Waals surface area (Å²) in [5.41, 5.74) is 0. The summed E-state index contributed by atoms with van der Waals surface area (Å²) >= 11 is 0. The number of rotatable bonds is 6. The van der Waals surface area contributed by atoms with Crippen molar-refractivity contribution in [1.29, 1.82) is 0 Å². The Balaban J connectivity index is 2.40. The van der Waals surface area contributed by atoms with Crippen LogP contribution < -0.4 is 16.0 Å². The second kappa shape index (κ2) is 9.00. The summed E-state index contributed by atoms with van der Waals surface area (Å²) in [5.74, 6) is 1.000. The number of imide groups is 1. The maximum absolute atomic E-state index is 12.0. The quantitative estimate of drug-likeness (QED) is 0.678. The van der Waals surface area contributed by atoms with Crippen LogP contribution in [0.15, 0.2) is 0 Å². The van der Waals surface area contributed by atoms with E-state index < -0.39 is 6.03 Å². The van der Waals surface area contributed by atoms with Crippen molar-refractivity contribution in [3.8, 4) is 0 Å². The number of urea groups is 1. The zero-order chi connectivity index (χ0) is 15.8. The summed E-state index contributed by atoms with van der Waals surface area (Å²) in [6.07, 6.45) is 2.30. The molecule has 0 saturated carbocycles. The van der Waals surface area contributed by atoms with Gasteiger partial charge in [0.1, 0.15) is 0 Å². The first-order valence-corrected chi connectivity index (χ1v) is 7.91. The Hall–Kier alpha value is -1.14. The molecule has 0 spiro atoms. The van der Waals surface area contributed by atoms with Gasteiger partial charge in [-0.15, -0.1) is 0 Å². The zero-order valence-electron chi connectivity index (χ0n) is 13.7. The van der Waals surface area contributed by atoms with Crippen molar-refractivity contribution < 1.29 is 9.59 Å². The first-order valence-electron chi connectivity index (χ1n) is 7.91. The standard InChI is InChI=1S/C15H30N4O2/c1-11(2)8-17-9-13-6-5-7-19(10-13)12(3)14(20)18-15(21)16-4/h11-13,17H,5-10H2,1-4H3,(H2,16,18,20,21). The van der Waals surface area contributed by atoms with Gasteiger partial charge in [-0.3, -0.25) is 15.0 Å². The Kier molecular flexibility index (Phi) is 7.67. The minimum Gasteiger partial charge on any atom is -0.341 e. The summed E-state index contributed by atoms with van der Waals surface area (Å²) in [5, 5.41) is 8.25. The van der Waals surface area contributed by atoms with Gasteiger partial charge in [0, 0.05) is 13.6 Å². The van der Waals surface area contributed by atoms with Crippen LogP contribution in [0.25, 0.3) is 0 Å². The molecule has 3 amide bonds. The maximum atomic E-state index is 12.0. The molecule has 1 rings (SSSR count). The fourth-order valence-corrected chi connectivity index (χ4v) is 2.64. The predicted molar refractivity (Wildman–Crippen MR) is 84.1 cm³/mol. The zero-order valence-corrected chi connectivity index (χ0v) is 13.7. The average molecular weight is 298 g/mol. The van der Waals surface area contributed by atoms with Crippen molar-refractivity contribution in [3.63, 3.8) is 0 Å². The maximum Gasteiger partial charge on any atom is 0.321 e. The van der Waals surface area contributed by atoms with E-state index in [-0.39, 0.29) is 11.9 Å². The topological polar surface area (TPSA) is 73.5 Å². The molecule has 2 unspecified atom stereocenters. The molecule has 6 heteroatoms. The van der Waals surface area contributed by atoms with E-state index in [9.17, 15) is 9.59 Å². The fraction of sp³-hybridized carbons (Fsp3) is 0.867. The smallest absolute Gasteiger partial charge is 0.321 e. The van der Waals surface area contributed by atoms with Gasteiger partial charge in [-0.1, -0.05) is 13.8 Å². The summed E-state index contributed by atoms with van der Waals surface area (Å²) in [4.78, 5) is 25.4. The first kappa shape index (κ1) is 17.9. The van der Waals surface area contributed by atoms with Crippen LogP contribution in [-0.4, -0.2) is 56.1 Å². The van der Waals surface area contributed by atoms with Crippen LogP contribution in [-0.2, 0) is 4.79 Å². The number of carbonyl (C=O) groups is 2. The Bertz CT molecular complexity index is 347. The normalized spacial score (nSPS) is 21.1. The molecular weight excluding hydrogens is 268 g/mol.